The van der Waals surface area contributed by atoms with E-state index in [1.54, 1.807) is 0 Å². The van der Waals surface area contributed by atoms with Crippen LogP contribution in [0.15, 0.2) is 42.5 Å². The standard InChI is InChI=1S/C19H21NO4/c21-17(20-13-19(18(22)23)8-10-24-11-9-19)12-15-6-3-5-14-4-1-2-7-16(14)15/h1-7H,8-13H2,(H,20,21)(H,22,23). The molecule has 2 N–H and O–H groups in total. The number of nitrogens with one attached hydrogen (secondary N) is 1. The van der Waals surface area contributed by atoms with Crippen molar-refractivity contribution in [2.45, 2.75) is 19.3 Å². The van der Waals surface area contributed by atoms with Crippen LogP contribution in [0, 0.1) is 5.41 Å². The number of carbonyl (C=O) groups is 2. The third-order valence-electron chi connectivity index (χ3n) is 4.76. The lowest BCUT2D eigenvalue weighted by molar-refractivity contribution is -0.154. The first-order chi connectivity index (χ1) is 11.6. The second-order valence-corrected chi connectivity index (χ2v) is 6.29. The largest absolute Gasteiger partial charge is 0.481 e. The van der Waals surface area contributed by atoms with Crippen LogP contribution in [0.5, 0.6) is 0 Å². The third-order valence-corrected chi connectivity index (χ3v) is 4.76. The minimum atomic E-state index is -0.910. The molecule has 1 saturated heterocycles. The van der Waals surface area contributed by atoms with Crippen molar-refractivity contribution in [3.63, 3.8) is 0 Å². The maximum absolute atomic E-state index is 12.3. The van der Waals surface area contributed by atoms with Crippen molar-refractivity contribution in [3.05, 3.63) is 48.0 Å². The summed E-state index contributed by atoms with van der Waals surface area (Å²) in [6.45, 7) is 0.992. The first-order valence-electron chi connectivity index (χ1n) is 8.15. The molecule has 1 heterocycles. The summed E-state index contributed by atoms with van der Waals surface area (Å²) in [7, 11) is 0. The van der Waals surface area contributed by atoms with E-state index in [1.807, 2.05) is 42.5 Å². The molecular weight excluding hydrogens is 306 g/mol. The van der Waals surface area contributed by atoms with Crippen LogP contribution in [0.1, 0.15) is 18.4 Å². The minimum Gasteiger partial charge on any atom is -0.481 e. The van der Waals surface area contributed by atoms with E-state index in [4.69, 9.17) is 4.74 Å². The summed E-state index contributed by atoms with van der Waals surface area (Å²) in [5.41, 5.74) is 0.0362. The summed E-state index contributed by atoms with van der Waals surface area (Å²) in [4.78, 5) is 23.9. The Morgan fingerprint density at radius 1 is 1.08 bits per heavy atom. The highest BCUT2D eigenvalue weighted by atomic mass is 16.5. The number of carbonyl (C=O) groups excluding carboxylic acids is 1. The molecule has 5 heteroatoms. The molecule has 0 aromatic heterocycles. The van der Waals surface area contributed by atoms with Gasteiger partial charge >= 0.3 is 5.97 Å². The summed E-state index contributed by atoms with van der Waals surface area (Å²) in [5.74, 6) is -1.02. The van der Waals surface area contributed by atoms with Crippen molar-refractivity contribution in [3.8, 4) is 0 Å². The predicted octanol–water partition coefficient (Wildman–Crippen LogP) is 2.38. The van der Waals surface area contributed by atoms with Crippen LogP contribution in [0.3, 0.4) is 0 Å². The molecule has 1 amide bonds. The molecule has 126 valence electrons. The number of amides is 1. The smallest absolute Gasteiger partial charge is 0.311 e. The van der Waals surface area contributed by atoms with Crippen molar-refractivity contribution in [2.24, 2.45) is 5.41 Å². The van der Waals surface area contributed by atoms with Crippen LogP contribution in [-0.4, -0.2) is 36.7 Å². The van der Waals surface area contributed by atoms with Gasteiger partial charge in [-0.15, -0.1) is 0 Å². The van der Waals surface area contributed by atoms with Crippen LogP contribution in [0.4, 0.5) is 0 Å². The predicted molar refractivity (Wildman–Crippen MR) is 90.8 cm³/mol. The molecule has 0 radical (unpaired) electrons. The highest BCUT2D eigenvalue weighted by molar-refractivity contribution is 5.90. The van der Waals surface area contributed by atoms with Crippen LogP contribution in [0.25, 0.3) is 10.8 Å². The zero-order valence-corrected chi connectivity index (χ0v) is 13.5. The SMILES string of the molecule is O=C(Cc1cccc2ccccc12)NCC1(C(=O)O)CCOCC1. The quantitative estimate of drug-likeness (QED) is 0.884. The molecule has 1 aliphatic heterocycles. The Kier molecular flexibility index (Phi) is 4.81. The number of hydrogen-bond donors (Lipinski definition) is 2. The Bertz CT molecular complexity index is 745. The van der Waals surface area contributed by atoms with Crippen LogP contribution in [-0.2, 0) is 20.7 Å². The van der Waals surface area contributed by atoms with Gasteiger partial charge < -0.3 is 15.2 Å². The molecule has 0 saturated carbocycles. The number of ether oxygens (including phenoxy) is 1. The fourth-order valence-corrected chi connectivity index (χ4v) is 3.18. The Morgan fingerprint density at radius 3 is 2.54 bits per heavy atom. The Hall–Kier alpha value is -2.40. The van der Waals surface area contributed by atoms with Gasteiger partial charge in [0.15, 0.2) is 0 Å². The number of fused-ring (bicyclic) bond motifs is 1. The first-order valence-corrected chi connectivity index (χ1v) is 8.15. The number of carboxylic acid groups (broad SMARTS) is 1. The lowest BCUT2D eigenvalue weighted by Crippen LogP contribution is -2.46. The molecule has 1 aliphatic rings. The van der Waals surface area contributed by atoms with E-state index in [0.717, 1.165) is 16.3 Å². The van der Waals surface area contributed by atoms with Gasteiger partial charge in [0.2, 0.25) is 5.91 Å². The molecule has 1 fully saturated rings. The van der Waals surface area contributed by atoms with Gasteiger partial charge in [-0.2, -0.15) is 0 Å². The van der Waals surface area contributed by atoms with Gasteiger partial charge in [-0.25, -0.2) is 0 Å². The summed E-state index contributed by atoms with van der Waals surface area (Å²) < 4.78 is 5.25. The fourth-order valence-electron chi connectivity index (χ4n) is 3.18. The average Bonchev–Trinajstić information content (AvgIpc) is 2.61. The molecule has 24 heavy (non-hydrogen) atoms. The van der Waals surface area contributed by atoms with E-state index in [9.17, 15) is 14.7 Å². The first kappa shape index (κ1) is 16.5. The van der Waals surface area contributed by atoms with E-state index in [2.05, 4.69) is 5.32 Å². The monoisotopic (exact) mass is 327 g/mol. The second kappa shape index (κ2) is 7.01. The minimum absolute atomic E-state index is 0.148. The van der Waals surface area contributed by atoms with E-state index >= 15 is 0 Å². The molecular formula is C19H21NO4. The average molecular weight is 327 g/mol. The van der Waals surface area contributed by atoms with Crippen LogP contribution < -0.4 is 5.32 Å². The second-order valence-electron chi connectivity index (χ2n) is 6.29. The lowest BCUT2D eigenvalue weighted by atomic mass is 9.80. The zero-order chi connectivity index (χ0) is 17.0. The summed E-state index contributed by atoms with van der Waals surface area (Å²) in [6.07, 6.45) is 1.10. The van der Waals surface area contributed by atoms with Gasteiger partial charge in [0.25, 0.3) is 0 Å². The van der Waals surface area contributed by atoms with Gasteiger partial charge in [-0.3, -0.25) is 9.59 Å². The van der Waals surface area contributed by atoms with Crippen molar-refractivity contribution >= 4 is 22.6 Å². The number of aliphatic carboxylic acids is 1. The van der Waals surface area contributed by atoms with E-state index < -0.39 is 11.4 Å². The van der Waals surface area contributed by atoms with Crippen molar-refractivity contribution < 1.29 is 19.4 Å². The molecule has 0 bridgehead atoms. The molecule has 0 aliphatic carbocycles. The van der Waals surface area contributed by atoms with Gasteiger partial charge in [0.05, 0.1) is 11.8 Å². The van der Waals surface area contributed by atoms with Gasteiger partial charge in [-0.1, -0.05) is 42.5 Å². The number of rotatable bonds is 5. The molecule has 0 atom stereocenters. The lowest BCUT2D eigenvalue weighted by Gasteiger charge is -2.33. The van der Waals surface area contributed by atoms with Gasteiger partial charge in [0, 0.05) is 19.8 Å². The summed E-state index contributed by atoms with van der Waals surface area (Å²) >= 11 is 0. The van der Waals surface area contributed by atoms with E-state index in [-0.39, 0.29) is 18.9 Å². The number of hydrogen-bond acceptors (Lipinski definition) is 3. The molecule has 2 aromatic carbocycles. The zero-order valence-electron chi connectivity index (χ0n) is 13.5. The maximum Gasteiger partial charge on any atom is 0.311 e. The van der Waals surface area contributed by atoms with Crippen molar-refractivity contribution in [1.29, 1.82) is 0 Å². The highest BCUT2D eigenvalue weighted by Gasteiger charge is 2.40. The molecule has 3 rings (SSSR count). The molecule has 0 spiro atoms. The van der Waals surface area contributed by atoms with Crippen LogP contribution in [0.2, 0.25) is 0 Å². The Morgan fingerprint density at radius 2 is 1.79 bits per heavy atom. The highest BCUT2D eigenvalue weighted by Crippen LogP contribution is 2.30. The van der Waals surface area contributed by atoms with Crippen LogP contribution >= 0.6 is 0 Å². The van der Waals surface area contributed by atoms with Crippen molar-refractivity contribution in [2.75, 3.05) is 19.8 Å². The molecule has 5 nitrogen and oxygen atoms in total. The number of benzene rings is 2. The maximum atomic E-state index is 12.3. The third kappa shape index (κ3) is 3.41. The topological polar surface area (TPSA) is 75.6 Å². The van der Waals surface area contributed by atoms with E-state index in [0.29, 0.717) is 26.1 Å². The number of carboxylic acids is 1. The summed E-state index contributed by atoms with van der Waals surface area (Å²) in [6, 6.07) is 13.8. The van der Waals surface area contributed by atoms with Crippen molar-refractivity contribution in [1.82, 2.24) is 5.32 Å². The fraction of sp³-hybridized carbons (Fsp3) is 0.368. The normalized spacial score (nSPS) is 16.7. The summed E-state index contributed by atoms with van der Waals surface area (Å²) in [5, 5.41) is 14.5. The van der Waals surface area contributed by atoms with Gasteiger partial charge in [0.1, 0.15) is 0 Å². The Labute approximate surface area is 140 Å². The Balaban J connectivity index is 1.68. The van der Waals surface area contributed by atoms with E-state index in [1.165, 1.54) is 0 Å². The van der Waals surface area contributed by atoms with Gasteiger partial charge in [-0.05, 0) is 29.2 Å². The molecule has 2 aromatic rings. The molecule has 0 unspecified atom stereocenters.